The molecule has 9 aromatic rings. The number of aryl methyl sites for hydroxylation is 4. The molecule has 2 aliphatic rings. The van der Waals surface area contributed by atoms with Crippen LogP contribution in [0.1, 0.15) is 192 Å². The van der Waals surface area contributed by atoms with Crippen molar-refractivity contribution >= 4 is 94.8 Å². The van der Waals surface area contributed by atoms with Crippen LogP contribution in [-0.2, 0) is 57.6 Å². The van der Waals surface area contributed by atoms with Gasteiger partial charge in [0.25, 0.3) is 23.4 Å². The van der Waals surface area contributed by atoms with Crippen LogP contribution in [0.3, 0.4) is 0 Å². The zero-order valence-electron chi connectivity index (χ0n) is 68.1. The molecule has 2 aliphatic carbocycles. The number of amides is 4. The number of nitrogens with one attached hydrogen (secondary N) is 6. The van der Waals surface area contributed by atoms with Gasteiger partial charge in [-0.3, -0.25) is 55.0 Å². The second-order valence-electron chi connectivity index (χ2n) is 28.6. The lowest BCUT2D eigenvalue weighted by molar-refractivity contribution is -0.384. The molecule has 0 aliphatic heterocycles. The summed E-state index contributed by atoms with van der Waals surface area (Å²) in [7, 11) is 0. The molecule has 35 nitrogen and oxygen atoms in total. The van der Waals surface area contributed by atoms with Gasteiger partial charge in [0.05, 0.1) is 16.8 Å². The molecule has 35 heteroatoms. The molecule has 4 aromatic heterocycles. The predicted molar refractivity (Wildman–Crippen MR) is 439 cm³/mol. The summed E-state index contributed by atoms with van der Waals surface area (Å²) in [5, 5.41) is 37.1. The molecule has 2 fully saturated rings. The average molecular weight is 1670 g/mol. The van der Waals surface area contributed by atoms with Crippen LogP contribution >= 0.6 is 0 Å². The summed E-state index contributed by atoms with van der Waals surface area (Å²) in [6.07, 6.45) is 2.84. The Labute approximate surface area is 696 Å². The molecule has 0 saturated heterocycles. The Morgan fingerprint density at radius 1 is 0.566 bits per heavy atom. The van der Waals surface area contributed by atoms with E-state index < -0.39 is 94.8 Å². The van der Waals surface area contributed by atoms with Crippen molar-refractivity contribution in [3.8, 4) is 28.0 Å². The number of amidine groups is 2. The van der Waals surface area contributed by atoms with E-state index in [1.807, 2.05) is 6.92 Å². The quantitative estimate of drug-likeness (QED) is 0.00244. The Bertz CT molecular complexity index is 5650. The first-order valence-corrected chi connectivity index (χ1v) is 38.1. The third-order valence-electron chi connectivity index (χ3n) is 18.4. The highest BCUT2D eigenvalue weighted by molar-refractivity contribution is 6.12. The van der Waals surface area contributed by atoms with Gasteiger partial charge in [-0.15, -0.1) is 0 Å². The number of rotatable bonds is 31. The van der Waals surface area contributed by atoms with Crippen molar-refractivity contribution in [2.24, 2.45) is 29.4 Å². The van der Waals surface area contributed by atoms with Gasteiger partial charge in [-0.1, -0.05) is 83.3 Å². The van der Waals surface area contributed by atoms with Crippen LogP contribution in [0.15, 0.2) is 162 Å². The standard InChI is InChI=1S/C40H41N5O11.C35H38N4O6.C12H9NO8/c1-7-25-17-30(35(46)43-27-12-10-26(11-13-27)34(41)45-39(50)52-19-32-22(5)53-40(51)56-32)29(16-21(25)4)28-14-15-31(36(47)42-18-24-8-9-24)44-33(28)38(49)55-23(6)54-37(48)20(2)3;1-6-24-17-28(30(40)16-22-9-11-25(12-10-22)32(36)37)27(15-20(24)4)26-13-14-29(33(41)38-18-23-7-8-23)39-31(26)35(43)45-21(5)44-34(42)19(2)3;1-7-10(21-12(15)19-7)6-18-11(14)20-9-4-2-8(3-5-9)13(16)17/h7,10-17,20,23-24H,1,8-9,18-19H2,2-6H3,(H,42,47)(H,43,46)(H2,41,45,50);6,9-15,17,19,21,23H,1,7-8,16,18H2,2-5H3,(H3,36,37)(H,38,41);2-5H,6H2,1H3. The van der Waals surface area contributed by atoms with Gasteiger partial charge in [-0.05, 0) is 183 Å². The van der Waals surface area contributed by atoms with Crippen molar-refractivity contribution < 1.29 is 104 Å². The number of alkyl carbamates (subject to hydrolysis) is 1. The fourth-order valence-corrected chi connectivity index (χ4v) is 11.3. The van der Waals surface area contributed by atoms with Crippen molar-refractivity contribution in [3.05, 3.63) is 262 Å². The maximum atomic E-state index is 14.0. The number of hydrogen-bond donors (Lipinski definition) is 7. The molecule has 0 radical (unpaired) electrons. The number of nitrogens with two attached hydrogens (primary N) is 1. The van der Waals surface area contributed by atoms with Crippen molar-refractivity contribution in [1.29, 1.82) is 10.8 Å². The number of ether oxygens (including phenoxy) is 7. The molecule has 4 amide bonds. The molecule has 5 aromatic carbocycles. The van der Waals surface area contributed by atoms with Crippen LogP contribution < -0.4 is 43.4 Å². The monoisotopic (exact) mass is 1670 g/mol. The number of nitrogens with zero attached hydrogens (tertiary/aromatic N) is 3. The summed E-state index contributed by atoms with van der Waals surface area (Å²) < 4.78 is 54.6. The third kappa shape index (κ3) is 25.5. The largest absolute Gasteiger partial charge is 0.519 e. The Kier molecular flexibility index (Phi) is 30.8. The number of nitro groups is 1. The number of aromatic nitrogens is 2. The smallest absolute Gasteiger partial charge is 0.441 e. The fraction of sp³-hybridized carbons (Fsp3) is 0.287. The van der Waals surface area contributed by atoms with E-state index in [0.717, 1.165) is 42.4 Å². The number of hydrogen-bond acceptors (Lipinski definition) is 29. The van der Waals surface area contributed by atoms with Crippen molar-refractivity contribution in [2.45, 2.75) is 127 Å². The summed E-state index contributed by atoms with van der Waals surface area (Å²) in [4.78, 5) is 170. The van der Waals surface area contributed by atoms with E-state index in [4.69, 9.17) is 58.5 Å². The van der Waals surface area contributed by atoms with Gasteiger partial charge in [0.15, 0.2) is 53.4 Å². The van der Waals surface area contributed by atoms with E-state index in [9.17, 15) is 67.6 Å². The SMILES string of the molecule is C=Cc1cc(C(=O)Cc2ccc(C(=N)N)cc2)c(-c2ccc(C(=O)NCC3CC3)nc2C(=O)OC(C)OC(=O)C(C)C)cc1C.C=Cc1cc(C(=O)Nc2ccc(C(=N)NC(=O)OCc3oc(=O)oc3C)cc2)c(-c2ccc(C(=O)NCC3CC3)nc2C(=O)OC(C)OC(=O)C(C)C)cc1C.Cc1oc(=O)oc1COC(=O)Oc1ccc([N+](=O)[O-])cc1. The van der Waals surface area contributed by atoms with Gasteiger partial charge >= 0.3 is 47.8 Å². The van der Waals surface area contributed by atoms with Crippen LogP contribution in [-0.4, -0.2) is 112 Å². The highest BCUT2D eigenvalue weighted by atomic mass is 16.7. The summed E-state index contributed by atoms with van der Waals surface area (Å²) in [5.74, 6) is -6.54. The van der Waals surface area contributed by atoms with E-state index in [1.165, 1.54) is 94.4 Å². The van der Waals surface area contributed by atoms with Crippen molar-refractivity contribution in [3.63, 3.8) is 0 Å². The molecule has 0 bridgehead atoms. The van der Waals surface area contributed by atoms with E-state index in [1.54, 1.807) is 101 Å². The number of benzene rings is 5. The number of carbonyl (C=O) groups excluding carboxylic acids is 10. The molecule has 11 rings (SSSR count). The predicted octanol–water partition coefficient (Wildman–Crippen LogP) is 13.3. The zero-order valence-corrected chi connectivity index (χ0v) is 68.1. The minimum atomic E-state index is -1.28. The van der Waals surface area contributed by atoms with E-state index >= 15 is 0 Å². The highest BCUT2D eigenvalue weighted by Gasteiger charge is 2.31. The number of esters is 4. The van der Waals surface area contributed by atoms with Crippen molar-refractivity contribution in [1.82, 2.24) is 25.9 Å². The Hall–Kier alpha value is -15.1. The second-order valence-corrected chi connectivity index (χ2v) is 28.6. The average Bonchev–Trinajstić information content (AvgIpc) is 1.20. The lowest BCUT2D eigenvalue weighted by atomic mass is 9.89. The normalized spacial score (nSPS) is 12.4. The van der Waals surface area contributed by atoms with Crippen LogP contribution in [0.2, 0.25) is 0 Å². The molecule has 8 N–H and O–H groups in total. The maximum absolute atomic E-state index is 14.0. The number of nitrogen functional groups attached to an aromatic ring is 1. The van der Waals surface area contributed by atoms with E-state index in [-0.39, 0.29) is 122 Å². The molecule has 636 valence electrons. The van der Waals surface area contributed by atoms with E-state index in [0.29, 0.717) is 58.4 Å². The molecule has 4 heterocycles. The first kappa shape index (κ1) is 90.8. The highest BCUT2D eigenvalue weighted by Crippen LogP contribution is 2.36. The van der Waals surface area contributed by atoms with Gasteiger partial charge < -0.3 is 72.5 Å². The van der Waals surface area contributed by atoms with Gasteiger partial charge in [0.1, 0.15) is 28.8 Å². The number of nitro benzene ring substituents is 1. The van der Waals surface area contributed by atoms with Gasteiger partial charge in [0, 0.05) is 84.6 Å². The summed E-state index contributed by atoms with van der Waals surface area (Å²) in [6, 6.07) is 30.5. The molecular formula is C87H88N10O25. The second kappa shape index (κ2) is 41.4. The summed E-state index contributed by atoms with van der Waals surface area (Å²) in [6.45, 7) is 24.0. The Morgan fingerprint density at radius 3 is 1.44 bits per heavy atom. The first-order chi connectivity index (χ1) is 57.9. The zero-order chi connectivity index (χ0) is 88.9. The van der Waals surface area contributed by atoms with Gasteiger partial charge in [-0.25, -0.2) is 38.7 Å². The number of anilines is 1. The molecular weight excluding hydrogens is 1590 g/mol. The molecule has 2 unspecified atom stereocenters. The number of non-ortho nitro benzene ring substituents is 1. The molecule has 122 heavy (non-hydrogen) atoms. The first-order valence-electron chi connectivity index (χ1n) is 38.1. The van der Waals surface area contributed by atoms with Crippen LogP contribution in [0, 0.1) is 72.3 Å². The molecule has 2 saturated carbocycles. The number of pyridine rings is 2. The Morgan fingerprint density at radius 2 is 1.02 bits per heavy atom. The maximum Gasteiger partial charge on any atom is 0.519 e. The summed E-state index contributed by atoms with van der Waals surface area (Å²) in [5.41, 5.74) is 11.2. The lowest BCUT2D eigenvalue weighted by Gasteiger charge is -2.18. The topological polar surface area (TPSA) is 513 Å². The number of carbonyl (C=O) groups is 10. The van der Waals surface area contributed by atoms with Crippen LogP contribution in [0.4, 0.5) is 21.0 Å². The van der Waals surface area contributed by atoms with Crippen LogP contribution in [0.5, 0.6) is 5.75 Å². The minimum absolute atomic E-state index is 0.0102. The Balaban J connectivity index is 0.000000228. The minimum Gasteiger partial charge on any atom is -0.441 e. The van der Waals surface area contributed by atoms with Gasteiger partial charge in [0.2, 0.25) is 12.6 Å². The summed E-state index contributed by atoms with van der Waals surface area (Å²) >= 11 is 0. The van der Waals surface area contributed by atoms with Crippen molar-refractivity contribution in [2.75, 3.05) is 18.4 Å². The lowest BCUT2D eigenvalue weighted by Crippen LogP contribution is -2.31. The number of ketones is 1. The number of Topliss-reactive ketones (excluding diaryl/α,β-unsaturated/α-hetero) is 1. The fourth-order valence-electron chi connectivity index (χ4n) is 11.3. The molecule has 0 spiro atoms. The van der Waals surface area contributed by atoms with E-state index in [2.05, 4.69) is 53.2 Å². The third-order valence-corrected chi connectivity index (χ3v) is 18.4. The van der Waals surface area contributed by atoms with Gasteiger partial charge in [-0.2, -0.15) is 0 Å². The molecule has 2 atom stereocenters. The van der Waals surface area contributed by atoms with Crippen LogP contribution in [0.25, 0.3) is 34.4 Å².